The predicted molar refractivity (Wildman–Crippen MR) is 69.9 cm³/mol. The van der Waals surface area contributed by atoms with E-state index in [4.69, 9.17) is 0 Å². The van der Waals surface area contributed by atoms with E-state index in [0.717, 1.165) is 19.6 Å². The molecule has 0 radical (unpaired) electrons. The Morgan fingerprint density at radius 2 is 2.13 bits per heavy atom. The summed E-state index contributed by atoms with van der Waals surface area (Å²) < 4.78 is 0. The lowest BCUT2D eigenvalue weighted by atomic mass is 10.4. The lowest BCUT2D eigenvalue weighted by molar-refractivity contribution is 0.203. The highest BCUT2D eigenvalue weighted by Gasteiger charge is 2.16. The normalized spacial score (nSPS) is 21.1. The molecule has 0 spiro atoms. The third kappa shape index (κ3) is 4.55. The number of carbonyl (C=O) groups is 1. The smallest absolute Gasteiger partial charge is 0.317 e. The van der Waals surface area contributed by atoms with E-state index >= 15 is 0 Å². The van der Waals surface area contributed by atoms with Crippen LogP contribution in [0.2, 0.25) is 0 Å². The van der Waals surface area contributed by atoms with Gasteiger partial charge in [-0.1, -0.05) is 0 Å². The monoisotopic (exact) mass is 248 g/mol. The molecule has 1 N–H and O–H groups in total. The molecule has 0 aromatic carbocycles. The number of carbonyl (C=O) groups excluding carboxylic acids is 1. The first-order chi connectivity index (χ1) is 7.27. The van der Waals surface area contributed by atoms with E-state index in [1.807, 2.05) is 42.3 Å². The Kier molecular flexibility index (Phi) is 6.32. The van der Waals surface area contributed by atoms with Gasteiger partial charge in [0, 0.05) is 42.1 Å². The highest BCUT2D eigenvalue weighted by atomic mass is 32.2. The summed E-state index contributed by atoms with van der Waals surface area (Å²) in [6.07, 6.45) is 0. The second-order valence-electron chi connectivity index (χ2n) is 3.43. The SMILES string of the molecule is CCN(CC)C(=O)NCC1CSCCS1. The molecule has 1 heterocycles. The number of nitrogens with one attached hydrogen (secondary N) is 1. The van der Waals surface area contributed by atoms with Crippen molar-refractivity contribution in [2.45, 2.75) is 19.1 Å². The fraction of sp³-hybridized carbons (Fsp3) is 0.900. The Hall–Kier alpha value is -0.0300. The molecule has 2 amide bonds. The van der Waals surface area contributed by atoms with Crippen molar-refractivity contribution >= 4 is 29.6 Å². The van der Waals surface area contributed by atoms with E-state index in [9.17, 15) is 4.79 Å². The summed E-state index contributed by atoms with van der Waals surface area (Å²) >= 11 is 3.97. The number of hydrogen-bond acceptors (Lipinski definition) is 3. The van der Waals surface area contributed by atoms with Gasteiger partial charge in [-0.15, -0.1) is 0 Å². The van der Waals surface area contributed by atoms with Crippen molar-refractivity contribution in [1.29, 1.82) is 0 Å². The summed E-state index contributed by atoms with van der Waals surface area (Å²) in [5.74, 6) is 3.64. The van der Waals surface area contributed by atoms with Gasteiger partial charge in [-0.3, -0.25) is 0 Å². The largest absolute Gasteiger partial charge is 0.337 e. The summed E-state index contributed by atoms with van der Waals surface area (Å²) in [5.41, 5.74) is 0. The van der Waals surface area contributed by atoms with Crippen molar-refractivity contribution in [1.82, 2.24) is 10.2 Å². The summed E-state index contributed by atoms with van der Waals surface area (Å²) in [7, 11) is 0. The second-order valence-corrected chi connectivity index (χ2v) is 5.98. The Balaban J connectivity index is 2.20. The van der Waals surface area contributed by atoms with Crippen molar-refractivity contribution in [2.24, 2.45) is 0 Å². The minimum absolute atomic E-state index is 0.0798. The topological polar surface area (TPSA) is 32.3 Å². The minimum Gasteiger partial charge on any atom is -0.337 e. The van der Waals surface area contributed by atoms with Crippen LogP contribution in [0.1, 0.15) is 13.8 Å². The first-order valence-electron chi connectivity index (χ1n) is 5.50. The van der Waals surface area contributed by atoms with Crippen molar-refractivity contribution in [3.8, 4) is 0 Å². The van der Waals surface area contributed by atoms with Crippen molar-refractivity contribution in [3.63, 3.8) is 0 Å². The summed E-state index contributed by atoms with van der Waals surface area (Å²) in [6, 6.07) is 0.0798. The molecule has 1 aliphatic rings. The average Bonchev–Trinajstić information content (AvgIpc) is 2.29. The lowest BCUT2D eigenvalue weighted by Gasteiger charge is -2.24. The fourth-order valence-electron chi connectivity index (χ4n) is 1.48. The van der Waals surface area contributed by atoms with Gasteiger partial charge < -0.3 is 10.2 Å². The highest BCUT2D eigenvalue weighted by Crippen LogP contribution is 2.23. The molecule has 0 bridgehead atoms. The van der Waals surface area contributed by atoms with Crippen molar-refractivity contribution in [3.05, 3.63) is 0 Å². The van der Waals surface area contributed by atoms with E-state index in [1.165, 1.54) is 17.3 Å². The molecule has 3 nitrogen and oxygen atoms in total. The van der Waals surface area contributed by atoms with Crippen LogP contribution in [0.3, 0.4) is 0 Å². The highest BCUT2D eigenvalue weighted by molar-refractivity contribution is 8.06. The molecule has 1 aliphatic heterocycles. The quantitative estimate of drug-likeness (QED) is 0.824. The number of thioether (sulfide) groups is 2. The third-order valence-corrected chi connectivity index (χ3v) is 5.26. The zero-order chi connectivity index (χ0) is 11.1. The molecule has 5 heteroatoms. The van der Waals surface area contributed by atoms with E-state index in [0.29, 0.717) is 5.25 Å². The van der Waals surface area contributed by atoms with Crippen LogP contribution in [0.25, 0.3) is 0 Å². The van der Waals surface area contributed by atoms with Gasteiger partial charge in [0.05, 0.1) is 0 Å². The van der Waals surface area contributed by atoms with Gasteiger partial charge >= 0.3 is 6.03 Å². The number of nitrogens with zero attached hydrogens (tertiary/aromatic N) is 1. The number of urea groups is 1. The van der Waals surface area contributed by atoms with Gasteiger partial charge in [-0.05, 0) is 13.8 Å². The van der Waals surface area contributed by atoms with Gasteiger partial charge in [0.2, 0.25) is 0 Å². The Morgan fingerprint density at radius 3 is 2.67 bits per heavy atom. The van der Waals surface area contributed by atoms with Gasteiger partial charge in [-0.25, -0.2) is 4.79 Å². The first-order valence-corrected chi connectivity index (χ1v) is 7.70. The molecule has 0 saturated carbocycles. The molecule has 1 fully saturated rings. The standard InChI is InChI=1S/C10H20N2OS2/c1-3-12(4-2)10(13)11-7-9-8-14-5-6-15-9/h9H,3-8H2,1-2H3,(H,11,13). The molecule has 1 rings (SSSR count). The van der Waals surface area contributed by atoms with Gasteiger partial charge in [0.25, 0.3) is 0 Å². The van der Waals surface area contributed by atoms with Crippen molar-refractivity contribution < 1.29 is 4.79 Å². The fourth-order valence-corrected chi connectivity index (χ4v) is 4.09. The van der Waals surface area contributed by atoms with Crippen LogP contribution in [0.15, 0.2) is 0 Å². The van der Waals surface area contributed by atoms with E-state index in [1.54, 1.807) is 0 Å². The lowest BCUT2D eigenvalue weighted by Crippen LogP contribution is -2.43. The zero-order valence-electron chi connectivity index (χ0n) is 9.49. The van der Waals surface area contributed by atoms with Crippen molar-refractivity contribution in [2.75, 3.05) is 36.9 Å². The Bertz CT molecular complexity index is 192. The molecule has 1 unspecified atom stereocenters. The summed E-state index contributed by atoms with van der Waals surface area (Å²) in [4.78, 5) is 13.5. The first kappa shape index (κ1) is 13.0. The molecule has 0 aromatic rings. The molecular formula is C10H20N2OS2. The number of rotatable bonds is 4. The Morgan fingerprint density at radius 1 is 1.40 bits per heavy atom. The second kappa shape index (κ2) is 7.28. The van der Waals surface area contributed by atoms with E-state index in [2.05, 4.69) is 5.32 Å². The average molecular weight is 248 g/mol. The third-order valence-electron chi connectivity index (χ3n) is 2.42. The molecule has 88 valence electrons. The van der Waals surface area contributed by atoms with E-state index in [-0.39, 0.29) is 6.03 Å². The van der Waals surface area contributed by atoms with Gasteiger partial charge in [-0.2, -0.15) is 23.5 Å². The van der Waals surface area contributed by atoms with Crippen LogP contribution in [-0.4, -0.2) is 53.1 Å². The molecule has 0 aromatic heterocycles. The molecular weight excluding hydrogens is 228 g/mol. The Labute approximate surface area is 101 Å². The number of hydrogen-bond donors (Lipinski definition) is 1. The van der Waals surface area contributed by atoms with Crippen LogP contribution < -0.4 is 5.32 Å². The van der Waals surface area contributed by atoms with Gasteiger partial charge in [0.15, 0.2) is 0 Å². The minimum atomic E-state index is 0.0798. The molecule has 0 aliphatic carbocycles. The van der Waals surface area contributed by atoms with E-state index < -0.39 is 0 Å². The van der Waals surface area contributed by atoms with Gasteiger partial charge in [0.1, 0.15) is 0 Å². The van der Waals surface area contributed by atoms with Crippen LogP contribution in [-0.2, 0) is 0 Å². The van der Waals surface area contributed by atoms with Crippen LogP contribution in [0.4, 0.5) is 4.79 Å². The molecule has 15 heavy (non-hydrogen) atoms. The van der Waals surface area contributed by atoms with Crippen LogP contribution in [0, 0.1) is 0 Å². The maximum atomic E-state index is 11.6. The number of amides is 2. The summed E-state index contributed by atoms with van der Waals surface area (Å²) in [5, 5.41) is 3.61. The maximum absolute atomic E-state index is 11.6. The molecule has 1 atom stereocenters. The van der Waals surface area contributed by atoms with Crippen LogP contribution >= 0.6 is 23.5 Å². The molecule has 1 saturated heterocycles. The maximum Gasteiger partial charge on any atom is 0.317 e. The zero-order valence-corrected chi connectivity index (χ0v) is 11.1. The van der Waals surface area contributed by atoms with Crippen LogP contribution in [0.5, 0.6) is 0 Å². The summed E-state index contributed by atoms with van der Waals surface area (Å²) in [6.45, 7) is 6.40. The predicted octanol–water partition coefficient (Wildman–Crippen LogP) is 1.89.